The van der Waals surface area contributed by atoms with Crippen molar-refractivity contribution in [1.29, 1.82) is 0 Å². The van der Waals surface area contributed by atoms with Crippen LogP contribution in [0.2, 0.25) is 0 Å². The SMILES string of the molecule is CNCc1ccc(OCCN2CCSC(C)(C)C2)cc1. The first kappa shape index (κ1) is 15.7. The van der Waals surface area contributed by atoms with Gasteiger partial charge in [-0.05, 0) is 38.6 Å². The quantitative estimate of drug-likeness (QED) is 0.871. The van der Waals surface area contributed by atoms with E-state index in [0.29, 0.717) is 4.75 Å². The minimum atomic E-state index is 0.382. The van der Waals surface area contributed by atoms with Gasteiger partial charge in [0, 0.05) is 36.7 Å². The molecule has 4 heteroatoms. The Morgan fingerprint density at radius 2 is 2.05 bits per heavy atom. The van der Waals surface area contributed by atoms with Crippen LogP contribution in [0.15, 0.2) is 24.3 Å². The number of rotatable bonds is 6. The van der Waals surface area contributed by atoms with Crippen LogP contribution in [0, 0.1) is 0 Å². The molecule has 3 nitrogen and oxygen atoms in total. The van der Waals surface area contributed by atoms with Gasteiger partial charge in [0.05, 0.1) is 0 Å². The van der Waals surface area contributed by atoms with Gasteiger partial charge in [-0.25, -0.2) is 0 Å². The molecule has 0 aliphatic carbocycles. The number of benzene rings is 1. The Bertz CT molecular complexity index is 405. The van der Waals surface area contributed by atoms with Gasteiger partial charge in [-0.15, -0.1) is 0 Å². The molecule has 20 heavy (non-hydrogen) atoms. The molecule has 1 aliphatic rings. The molecule has 0 radical (unpaired) electrons. The Morgan fingerprint density at radius 3 is 2.70 bits per heavy atom. The van der Waals surface area contributed by atoms with E-state index in [0.717, 1.165) is 32.0 Å². The third-order valence-corrected chi connectivity index (χ3v) is 4.78. The average Bonchev–Trinajstić information content (AvgIpc) is 2.40. The zero-order chi connectivity index (χ0) is 14.4. The normalized spacial score (nSPS) is 18.9. The minimum Gasteiger partial charge on any atom is -0.492 e. The predicted molar refractivity (Wildman–Crippen MR) is 87.7 cm³/mol. The van der Waals surface area contributed by atoms with Crippen LogP contribution in [0.25, 0.3) is 0 Å². The number of hydrogen-bond acceptors (Lipinski definition) is 4. The lowest BCUT2D eigenvalue weighted by Gasteiger charge is -2.37. The van der Waals surface area contributed by atoms with Gasteiger partial charge in [0.15, 0.2) is 0 Å². The van der Waals surface area contributed by atoms with E-state index < -0.39 is 0 Å². The van der Waals surface area contributed by atoms with Crippen molar-refractivity contribution >= 4 is 11.8 Å². The number of ether oxygens (including phenoxy) is 1. The first-order valence-electron chi connectivity index (χ1n) is 7.32. The Kier molecular flexibility index (Phi) is 5.75. The van der Waals surface area contributed by atoms with Crippen molar-refractivity contribution in [2.24, 2.45) is 0 Å². The lowest BCUT2D eigenvalue weighted by molar-refractivity contribution is 0.202. The van der Waals surface area contributed by atoms with E-state index in [1.54, 1.807) is 0 Å². The van der Waals surface area contributed by atoms with Crippen LogP contribution < -0.4 is 10.1 Å². The summed E-state index contributed by atoms with van der Waals surface area (Å²) in [5, 5.41) is 3.15. The van der Waals surface area contributed by atoms with Gasteiger partial charge in [0.2, 0.25) is 0 Å². The van der Waals surface area contributed by atoms with Crippen molar-refractivity contribution in [1.82, 2.24) is 10.2 Å². The maximum atomic E-state index is 5.84. The van der Waals surface area contributed by atoms with Gasteiger partial charge in [0.1, 0.15) is 12.4 Å². The largest absolute Gasteiger partial charge is 0.492 e. The zero-order valence-electron chi connectivity index (χ0n) is 12.8. The van der Waals surface area contributed by atoms with Crippen LogP contribution in [-0.4, -0.2) is 48.7 Å². The van der Waals surface area contributed by atoms with Crippen LogP contribution in [0.1, 0.15) is 19.4 Å². The Hall–Kier alpha value is -0.710. The Labute approximate surface area is 127 Å². The summed E-state index contributed by atoms with van der Waals surface area (Å²) in [4.78, 5) is 2.51. The summed E-state index contributed by atoms with van der Waals surface area (Å²) in [6.07, 6.45) is 0. The summed E-state index contributed by atoms with van der Waals surface area (Å²) >= 11 is 2.07. The van der Waals surface area contributed by atoms with Gasteiger partial charge in [0.25, 0.3) is 0 Å². The third-order valence-electron chi connectivity index (χ3n) is 3.49. The molecule has 0 atom stereocenters. The fourth-order valence-corrected chi connectivity index (χ4v) is 3.68. The van der Waals surface area contributed by atoms with Crippen molar-refractivity contribution in [2.75, 3.05) is 39.0 Å². The fourth-order valence-electron chi connectivity index (χ4n) is 2.51. The maximum Gasteiger partial charge on any atom is 0.119 e. The van der Waals surface area contributed by atoms with Gasteiger partial charge >= 0.3 is 0 Å². The molecule has 1 saturated heterocycles. The minimum absolute atomic E-state index is 0.382. The van der Waals surface area contributed by atoms with Crippen LogP contribution in [0.5, 0.6) is 5.75 Å². The molecular weight excluding hydrogens is 268 g/mol. The fraction of sp³-hybridized carbons (Fsp3) is 0.625. The molecule has 1 aromatic carbocycles. The second-order valence-corrected chi connectivity index (χ2v) is 7.71. The molecule has 0 amide bonds. The molecule has 1 aromatic rings. The third kappa shape index (κ3) is 5.00. The molecule has 1 N–H and O–H groups in total. The lowest BCUT2D eigenvalue weighted by Crippen LogP contribution is -2.44. The van der Waals surface area contributed by atoms with E-state index >= 15 is 0 Å². The van der Waals surface area contributed by atoms with E-state index in [-0.39, 0.29) is 0 Å². The molecule has 0 unspecified atom stereocenters. The number of hydrogen-bond donors (Lipinski definition) is 1. The van der Waals surface area contributed by atoms with E-state index in [2.05, 4.69) is 60.1 Å². The van der Waals surface area contributed by atoms with Crippen molar-refractivity contribution in [2.45, 2.75) is 25.1 Å². The summed E-state index contributed by atoms with van der Waals surface area (Å²) in [6, 6.07) is 8.35. The first-order chi connectivity index (χ1) is 9.59. The number of nitrogens with zero attached hydrogens (tertiary/aromatic N) is 1. The van der Waals surface area contributed by atoms with Crippen LogP contribution in [0.4, 0.5) is 0 Å². The van der Waals surface area contributed by atoms with Crippen LogP contribution in [-0.2, 0) is 6.54 Å². The van der Waals surface area contributed by atoms with Crippen LogP contribution >= 0.6 is 11.8 Å². The van der Waals surface area contributed by atoms with Crippen LogP contribution in [0.3, 0.4) is 0 Å². The molecular formula is C16H26N2OS. The summed E-state index contributed by atoms with van der Waals surface area (Å²) in [5.74, 6) is 2.20. The molecule has 1 aliphatic heterocycles. The Morgan fingerprint density at radius 1 is 1.30 bits per heavy atom. The smallest absolute Gasteiger partial charge is 0.119 e. The molecule has 0 spiro atoms. The molecule has 2 rings (SSSR count). The van der Waals surface area contributed by atoms with Gasteiger partial charge < -0.3 is 10.1 Å². The first-order valence-corrected chi connectivity index (χ1v) is 8.30. The van der Waals surface area contributed by atoms with Gasteiger partial charge in [-0.3, -0.25) is 4.90 Å². The van der Waals surface area contributed by atoms with Gasteiger partial charge in [-0.2, -0.15) is 11.8 Å². The summed E-state index contributed by atoms with van der Waals surface area (Å²) in [5.41, 5.74) is 1.29. The molecule has 1 heterocycles. The van der Waals surface area contributed by atoms with Crippen molar-refractivity contribution < 1.29 is 4.74 Å². The zero-order valence-corrected chi connectivity index (χ0v) is 13.6. The van der Waals surface area contributed by atoms with Crippen molar-refractivity contribution in [3.8, 4) is 5.75 Å². The highest BCUT2D eigenvalue weighted by molar-refractivity contribution is 8.00. The van der Waals surface area contributed by atoms with E-state index in [1.165, 1.54) is 17.9 Å². The summed E-state index contributed by atoms with van der Waals surface area (Å²) in [6.45, 7) is 9.67. The van der Waals surface area contributed by atoms with Crippen molar-refractivity contribution in [3.05, 3.63) is 29.8 Å². The number of nitrogens with one attached hydrogen (secondary N) is 1. The average molecular weight is 294 g/mol. The molecule has 0 saturated carbocycles. The highest BCUT2D eigenvalue weighted by Crippen LogP contribution is 2.29. The second kappa shape index (κ2) is 7.34. The second-order valence-electron chi connectivity index (χ2n) is 5.91. The number of thioether (sulfide) groups is 1. The van der Waals surface area contributed by atoms with E-state index in [1.807, 2.05) is 7.05 Å². The summed E-state index contributed by atoms with van der Waals surface area (Å²) in [7, 11) is 1.96. The maximum absolute atomic E-state index is 5.84. The molecule has 1 fully saturated rings. The lowest BCUT2D eigenvalue weighted by atomic mass is 10.2. The molecule has 0 aromatic heterocycles. The highest BCUT2D eigenvalue weighted by atomic mass is 32.2. The predicted octanol–water partition coefficient (Wildman–Crippen LogP) is 2.61. The standard InChI is InChI=1S/C16H26N2OS/c1-16(2)13-18(9-11-20-16)8-10-19-15-6-4-14(5-7-15)12-17-3/h4-7,17H,8-13H2,1-3H3. The van der Waals surface area contributed by atoms with E-state index in [4.69, 9.17) is 4.74 Å². The molecule has 0 bridgehead atoms. The topological polar surface area (TPSA) is 24.5 Å². The highest BCUT2D eigenvalue weighted by Gasteiger charge is 2.26. The van der Waals surface area contributed by atoms with Crippen molar-refractivity contribution in [3.63, 3.8) is 0 Å². The summed E-state index contributed by atoms with van der Waals surface area (Å²) < 4.78 is 6.22. The monoisotopic (exact) mass is 294 g/mol. The Balaban J connectivity index is 1.72. The molecule has 112 valence electrons. The van der Waals surface area contributed by atoms with E-state index in [9.17, 15) is 0 Å². The van der Waals surface area contributed by atoms with Gasteiger partial charge in [-0.1, -0.05) is 12.1 Å².